The summed E-state index contributed by atoms with van der Waals surface area (Å²) in [6.45, 7) is 6.05. The monoisotopic (exact) mass is 436 g/mol. The van der Waals surface area contributed by atoms with Crippen LogP contribution in [0.15, 0.2) is 48.5 Å². The van der Waals surface area contributed by atoms with E-state index in [0.717, 1.165) is 43.2 Å². The average molecular weight is 437 g/mol. The molecular weight excluding hydrogens is 396 g/mol. The second-order valence-electron chi connectivity index (χ2n) is 8.76. The molecule has 0 N–H and O–H groups in total. The fourth-order valence-corrected chi connectivity index (χ4v) is 3.82. The number of hydrogen-bond acceptors (Lipinski definition) is 3. The summed E-state index contributed by atoms with van der Waals surface area (Å²) in [4.78, 5) is 24.6. The molecular formula is C29H40O3. The summed E-state index contributed by atoms with van der Waals surface area (Å²) in [5.41, 5.74) is 4.05. The second-order valence-corrected chi connectivity index (χ2v) is 8.76. The number of carbonyl (C=O) groups is 2. The zero-order valence-electron chi connectivity index (χ0n) is 20.2. The maximum Gasteiger partial charge on any atom is 0.338 e. The smallest absolute Gasteiger partial charge is 0.338 e. The second kappa shape index (κ2) is 14.6. The maximum absolute atomic E-state index is 12.4. The van der Waals surface area contributed by atoms with Gasteiger partial charge in [0, 0.05) is 6.42 Å². The van der Waals surface area contributed by atoms with Crippen molar-refractivity contribution in [3.05, 3.63) is 59.7 Å². The van der Waals surface area contributed by atoms with Crippen molar-refractivity contribution in [2.45, 2.75) is 97.5 Å². The van der Waals surface area contributed by atoms with Crippen LogP contribution >= 0.6 is 0 Å². The van der Waals surface area contributed by atoms with Crippen LogP contribution in [0.3, 0.4) is 0 Å². The van der Waals surface area contributed by atoms with Crippen molar-refractivity contribution >= 4 is 11.8 Å². The summed E-state index contributed by atoms with van der Waals surface area (Å²) in [7, 11) is 0. The molecule has 2 aromatic carbocycles. The van der Waals surface area contributed by atoms with Crippen molar-refractivity contribution in [2.75, 3.05) is 0 Å². The lowest BCUT2D eigenvalue weighted by Gasteiger charge is -2.12. The lowest BCUT2D eigenvalue weighted by molar-refractivity contribution is -0.127. The Morgan fingerprint density at radius 3 is 1.84 bits per heavy atom. The first-order valence-electron chi connectivity index (χ1n) is 12.5. The van der Waals surface area contributed by atoms with E-state index in [4.69, 9.17) is 4.74 Å². The number of rotatable bonds is 15. The maximum atomic E-state index is 12.4. The van der Waals surface area contributed by atoms with E-state index in [2.05, 4.69) is 38.1 Å². The first-order chi connectivity index (χ1) is 15.5. The van der Waals surface area contributed by atoms with Gasteiger partial charge in [-0.3, -0.25) is 4.79 Å². The highest BCUT2D eigenvalue weighted by Crippen LogP contribution is 2.22. The van der Waals surface area contributed by atoms with Gasteiger partial charge < -0.3 is 4.74 Å². The Hall–Kier alpha value is -2.42. The number of ether oxygens (including phenoxy) is 1. The molecule has 0 spiro atoms. The van der Waals surface area contributed by atoms with Gasteiger partial charge in [0.15, 0.2) is 11.9 Å². The summed E-state index contributed by atoms with van der Waals surface area (Å²) < 4.78 is 5.39. The van der Waals surface area contributed by atoms with Gasteiger partial charge in [0.1, 0.15) is 0 Å². The Morgan fingerprint density at radius 1 is 0.719 bits per heavy atom. The molecule has 0 aromatic heterocycles. The molecule has 0 bridgehead atoms. The molecule has 0 fully saturated rings. The third kappa shape index (κ3) is 8.98. The van der Waals surface area contributed by atoms with Crippen molar-refractivity contribution in [1.82, 2.24) is 0 Å². The van der Waals surface area contributed by atoms with Crippen LogP contribution in [0.5, 0.6) is 0 Å². The molecule has 174 valence electrons. The highest BCUT2D eigenvalue weighted by molar-refractivity contribution is 5.93. The zero-order valence-corrected chi connectivity index (χ0v) is 20.2. The summed E-state index contributed by atoms with van der Waals surface area (Å²) in [6.07, 6.45) is 11.6. The third-order valence-corrected chi connectivity index (χ3v) is 5.99. The molecule has 0 amide bonds. The number of aryl methyl sites for hydroxylation is 1. The van der Waals surface area contributed by atoms with Gasteiger partial charge in [-0.15, -0.1) is 0 Å². The molecule has 32 heavy (non-hydrogen) atoms. The average Bonchev–Trinajstić information content (AvgIpc) is 2.82. The van der Waals surface area contributed by atoms with Gasteiger partial charge in [-0.05, 0) is 55.0 Å². The van der Waals surface area contributed by atoms with Crippen LogP contribution < -0.4 is 0 Å². The fourth-order valence-electron chi connectivity index (χ4n) is 3.82. The first-order valence-corrected chi connectivity index (χ1v) is 12.5. The molecule has 0 radical (unpaired) electrons. The summed E-state index contributed by atoms with van der Waals surface area (Å²) >= 11 is 0. The predicted octanol–water partition coefficient (Wildman–Crippen LogP) is 7.95. The first kappa shape index (κ1) is 25.8. The minimum atomic E-state index is -0.696. The van der Waals surface area contributed by atoms with E-state index in [1.165, 1.54) is 37.7 Å². The predicted molar refractivity (Wildman–Crippen MR) is 133 cm³/mol. The zero-order chi connectivity index (χ0) is 23.2. The number of esters is 1. The Bertz CT molecular complexity index is 805. The van der Waals surface area contributed by atoms with E-state index in [9.17, 15) is 9.59 Å². The SMILES string of the molecule is CCCCCCCc1ccc(-c2ccc(C(=O)OC(C)C(=O)CCCCCC)cc2)cc1. The van der Waals surface area contributed by atoms with Crippen molar-refractivity contribution in [2.24, 2.45) is 0 Å². The van der Waals surface area contributed by atoms with Crippen molar-refractivity contribution in [3.63, 3.8) is 0 Å². The van der Waals surface area contributed by atoms with E-state index in [-0.39, 0.29) is 5.78 Å². The van der Waals surface area contributed by atoms with Gasteiger partial charge in [-0.2, -0.15) is 0 Å². The minimum absolute atomic E-state index is 0.00322. The third-order valence-electron chi connectivity index (χ3n) is 5.99. The molecule has 1 atom stereocenters. The van der Waals surface area contributed by atoms with Gasteiger partial charge in [-0.1, -0.05) is 95.2 Å². The molecule has 0 aliphatic carbocycles. The molecule has 2 rings (SSSR count). The van der Waals surface area contributed by atoms with Gasteiger partial charge >= 0.3 is 5.97 Å². The number of ketones is 1. The Morgan fingerprint density at radius 2 is 1.25 bits per heavy atom. The number of unbranched alkanes of at least 4 members (excludes halogenated alkanes) is 7. The quantitative estimate of drug-likeness (QED) is 0.210. The Kier molecular flexibility index (Phi) is 11.8. The highest BCUT2D eigenvalue weighted by atomic mass is 16.5. The molecule has 0 aliphatic heterocycles. The van der Waals surface area contributed by atoms with E-state index >= 15 is 0 Å². The molecule has 2 aromatic rings. The molecule has 0 heterocycles. The summed E-state index contributed by atoms with van der Waals surface area (Å²) in [5.74, 6) is -0.444. The molecule has 3 heteroatoms. The van der Waals surface area contributed by atoms with Gasteiger partial charge in [-0.25, -0.2) is 4.79 Å². The normalized spacial score (nSPS) is 11.8. The van der Waals surface area contributed by atoms with Crippen LogP contribution in [0.2, 0.25) is 0 Å². The molecule has 1 unspecified atom stereocenters. The van der Waals surface area contributed by atoms with E-state index < -0.39 is 12.1 Å². The van der Waals surface area contributed by atoms with Crippen LogP contribution in [-0.4, -0.2) is 17.9 Å². The number of benzene rings is 2. The van der Waals surface area contributed by atoms with E-state index in [1.807, 2.05) is 12.1 Å². The van der Waals surface area contributed by atoms with E-state index in [1.54, 1.807) is 19.1 Å². The molecule has 0 saturated heterocycles. The molecule has 0 saturated carbocycles. The van der Waals surface area contributed by atoms with Crippen LogP contribution in [0.1, 0.15) is 101 Å². The van der Waals surface area contributed by atoms with Crippen molar-refractivity contribution in [1.29, 1.82) is 0 Å². The van der Waals surface area contributed by atoms with E-state index in [0.29, 0.717) is 12.0 Å². The van der Waals surface area contributed by atoms with Crippen LogP contribution in [0.4, 0.5) is 0 Å². The van der Waals surface area contributed by atoms with Crippen LogP contribution in [-0.2, 0) is 16.0 Å². The minimum Gasteiger partial charge on any atom is -0.451 e. The standard InChI is InChI=1S/C29H40O3/c1-4-6-8-10-11-13-24-15-17-25(18-16-24)26-19-21-27(22-20-26)29(31)32-23(3)28(30)14-12-9-7-5-2/h15-23H,4-14H2,1-3H3. The summed E-state index contributed by atoms with van der Waals surface area (Å²) in [6, 6.07) is 16.1. The molecule has 0 aliphatic rings. The summed E-state index contributed by atoms with van der Waals surface area (Å²) in [5, 5.41) is 0. The van der Waals surface area contributed by atoms with Gasteiger partial charge in [0.2, 0.25) is 0 Å². The number of hydrogen-bond donors (Lipinski definition) is 0. The fraction of sp³-hybridized carbons (Fsp3) is 0.517. The van der Waals surface area contributed by atoms with Crippen LogP contribution in [0, 0.1) is 0 Å². The Balaban J connectivity index is 1.84. The van der Waals surface area contributed by atoms with Crippen molar-refractivity contribution < 1.29 is 14.3 Å². The molecule has 3 nitrogen and oxygen atoms in total. The topological polar surface area (TPSA) is 43.4 Å². The highest BCUT2D eigenvalue weighted by Gasteiger charge is 2.18. The lowest BCUT2D eigenvalue weighted by Crippen LogP contribution is -2.24. The van der Waals surface area contributed by atoms with Crippen molar-refractivity contribution in [3.8, 4) is 11.1 Å². The van der Waals surface area contributed by atoms with Crippen LogP contribution in [0.25, 0.3) is 11.1 Å². The largest absolute Gasteiger partial charge is 0.451 e. The van der Waals surface area contributed by atoms with Gasteiger partial charge in [0.05, 0.1) is 5.56 Å². The number of Topliss-reactive ketones (excluding diaryl/α,β-unsaturated/α-hetero) is 1. The lowest BCUT2D eigenvalue weighted by atomic mass is 10.00. The number of carbonyl (C=O) groups excluding carboxylic acids is 2. The Labute approximate surface area is 194 Å². The van der Waals surface area contributed by atoms with Gasteiger partial charge in [0.25, 0.3) is 0 Å².